The highest BCUT2D eigenvalue weighted by Crippen LogP contribution is 2.71. The fourth-order valence-electron chi connectivity index (χ4n) is 5.27. The first-order valence-electron chi connectivity index (χ1n) is 9.43. The number of nitrogens with one attached hydrogen (secondary N) is 1. The van der Waals surface area contributed by atoms with E-state index in [1.54, 1.807) is 0 Å². The number of carbonyl (C=O) groups excluding carboxylic acids is 1. The molecule has 4 aliphatic rings. The van der Waals surface area contributed by atoms with Crippen LogP contribution >= 0.6 is 0 Å². The van der Waals surface area contributed by atoms with Crippen LogP contribution in [0.3, 0.4) is 0 Å². The molecule has 8 heteroatoms. The second kappa shape index (κ2) is 5.58. The van der Waals surface area contributed by atoms with Gasteiger partial charge in [0.2, 0.25) is 11.8 Å². The van der Waals surface area contributed by atoms with Crippen LogP contribution in [-0.4, -0.2) is 20.8 Å². The summed E-state index contributed by atoms with van der Waals surface area (Å²) in [5, 5.41) is 21.6. The van der Waals surface area contributed by atoms with E-state index < -0.39 is 17.6 Å². The molecule has 5 nitrogen and oxygen atoms in total. The lowest BCUT2D eigenvalue weighted by molar-refractivity contribution is -0.137. The molecule has 0 aliphatic heterocycles. The number of halogens is 3. The number of aromatic hydroxyl groups is 2. The molecule has 29 heavy (non-hydrogen) atoms. The molecular formula is C21H19F3N2O3. The Kier molecular flexibility index (Phi) is 3.49. The predicted octanol–water partition coefficient (Wildman–Crippen LogP) is 4.47. The van der Waals surface area contributed by atoms with Gasteiger partial charge in [0.15, 0.2) is 0 Å². The Morgan fingerprint density at radius 2 is 1.48 bits per heavy atom. The topological polar surface area (TPSA) is 74.5 Å². The summed E-state index contributed by atoms with van der Waals surface area (Å²) in [6.45, 7) is 4.08. The molecule has 6 rings (SSSR count). The monoisotopic (exact) mass is 404 g/mol. The van der Waals surface area contributed by atoms with Crippen LogP contribution in [0.5, 0.6) is 11.8 Å². The van der Waals surface area contributed by atoms with Gasteiger partial charge in [-0.2, -0.15) is 17.8 Å². The molecule has 0 spiro atoms. The van der Waals surface area contributed by atoms with Gasteiger partial charge in [-0.3, -0.25) is 10.2 Å². The minimum absolute atomic E-state index is 0.0141. The van der Waals surface area contributed by atoms with E-state index in [1.165, 1.54) is 11.1 Å². The summed E-state index contributed by atoms with van der Waals surface area (Å²) in [6.07, 6.45) is -3.44. The molecule has 1 saturated carbocycles. The van der Waals surface area contributed by atoms with Gasteiger partial charge in [0, 0.05) is 28.5 Å². The standard InChI is InChI=1S/C21H19F3N2O3/c1-8-9(2)15-13-7-12(13)14(8)16-17(15)20(29)26(19(16)28)25-18(27)10-3-5-11(6-4-10)21(22,23)24/h3-6,12-15,28-29H,7H2,1-2H3,(H,25,27). The van der Waals surface area contributed by atoms with Crippen molar-refractivity contribution in [3.63, 3.8) is 0 Å². The number of alkyl halides is 3. The lowest BCUT2D eigenvalue weighted by Crippen LogP contribution is -2.25. The van der Waals surface area contributed by atoms with Crippen LogP contribution in [0.15, 0.2) is 35.4 Å². The SMILES string of the molecule is CC1=C(C)C2c3c(c(O)n(NC(=O)c4ccc(C(F)(F)F)cc4)c3O)C1C1CC21. The maximum Gasteiger partial charge on any atom is 0.416 e. The smallest absolute Gasteiger partial charge is 0.416 e. The highest BCUT2D eigenvalue weighted by molar-refractivity contribution is 6.00. The molecule has 1 amide bonds. The Bertz CT molecular complexity index is 1030. The summed E-state index contributed by atoms with van der Waals surface area (Å²) in [7, 11) is 0. The third-order valence-corrected chi connectivity index (χ3v) is 6.81. The zero-order valence-electron chi connectivity index (χ0n) is 15.7. The van der Waals surface area contributed by atoms with Gasteiger partial charge in [-0.15, -0.1) is 0 Å². The average Bonchev–Trinajstić information content (AvgIpc) is 3.43. The zero-order valence-corrected chi connectivity index (χ0v) is 15.7. The molecule has 152 valence electrons. The first-order chi connectivity index (χ1) is 13.6. The lowest BCUT2D eigenvalue weighted by atomic mass is 9.65. The highest BCUT2D eigenvalue weighted by atomic mass is 19.4. The Morgan fingerprint density at radius 1 is 1.00 bits per heavy atom. The molecular weight excluding hydrogens is 385 g/mol. The van der Waals surface area contributed by atoms with Crippen LogP contribution < -0.4 is 5.43 Å². The third-order valence-electron chi connectivity index (χ3n) is 6.81. The lowest BCUT2D eigenvalue weighted by Gasteiger charge is -2.37. The zero-order chi connectivity index (χ0) is 20.8. The molecule has 1 fully saturated rings. The van der Waals surface area contributed by atoms with Gasteiger partial charge in [0.25, 0.3) is 5.91 Å². The average molecular weight is 404 g/mol. The summed E-state index contributed by atoms with van der Waals surface area (Å²) in [5.41, 5.74) is 5.25. The Balaban J connectivity index is 1.48. The summed E-state index contributed by atoms with van der Waals surface area (Å²) in [5.74, 6) is -0.221. The van der Waals surface area contributed by atoms with Crippen molar-refractivity contribution in [1.82, 2.24) is 4.68 Å². The van der Waals surface area contributed by atoms with Gasteiger partial charge in [-0.1, -0.05) is 11.1 Å². The third kappa shape index (κ3) is 2.37. The van der Waals surface area contributed by atoms with Crippen molar-refractivity contribution in [3.8, 4) is 11.8 Å². The number of hydrogen-bond donors (Lipinski definition) is 3. The number of hydrogen-bond acceptors (Lipinski definition) is 3. The molecule has 4 unspecified atom stereocenters. The largest absolute Gasteiger partial charge is 0.493 e. The number of rotatable bonds is 2. The van der Waals surface area contributed by atoms with Gasteiger partial charge in [-0.05, 0) is 56.4 Å². The number of carbonyl (C=O) groups is 1. The van der Waals surface area contributed by atoms with Crippen LogP contribution in [0.1, 0.15) is 59.2 Å². The molecule has 3 N–H and O–H groups in total. The number of nitrogens with zero attached hydrogens (tertiary/aromatic N) is 1. The van der Waals surface area contributed by atoms with E-state index in [1.807, 2.05) is 13.8 Å². The van der Waals surface area contributed by atoms with Gasteiger partial charge in [-0.25, -0.2) is 0 Å². The van der Waals surface area contributed by atoms with Crippen molar-refractivity contribution in [2.24, 2.45) is 11.8 Å². The normalized spacial score (nSPS) is 26.9. The maximum atomic E-state index is 12.7. The van der Waals surface area contributed by atoms with E-state index in [2.05, 4.69) is 5.43 Å². The molecule has 0 radical (unpaired) electrons. The molecule has 1 aromatic carbocycles. The van der Waals surface area contributed by atoms with Crippen molar-refractivity contribution >= 4 is 5.91 Å². The van der Waals surface area contributed by atoms with Crippen LogP contribution in [0.2, 0.25) is 0 Å². The van der Waals surface area contributed by atoms with Crippen molar-refractivity contribution < 1.29 is 28.2 Å². The van der Waals surface area contributed by atoms with Crippen LogP contribution in [0.4, 0.5) is 13.2 Å². The predicted molar refractivity (Wildman–Crippen MR) is 98.3 cm³/mol. The number of aromatic nitrogens is 1. The van der Waals surface area contributed by atoms with E-state index in [0.717, 1.165) is 35.4 Å². The molecule has 2 aromatic rings. The number of allylic oxidation sites excluding steroid dienone is 2. The van der Waals surface area contributed by atoms with Crippen LogP contribution in [-0.2, 0) is 6.18 Å². The first kappa shape index (κ1) is 18.1. The summed E-state index contributed by atoms with van der Waals surface area (Å²) in [6, 6.07) is 3.76. The fraction of sp³-hybridized carbons (Fsp3) is 0.381. The Morgan fingerprint density at radius 3 is 1.93 bits per heavy atom. The Labute approximate surface area is 164 Å². The van der Waals surface area contributed by atoms with E-state index in [-0.39, 0.29) is 29.2 Å². The van der Waals surface area contributed by atoms with Crippen molar-refractivity contribution in [3.05, 3.63) is 57.7 Å². The second-order valence-corrected chi connectivity index (χ2v) is 8.21. The van der Waals surface area contributed by atoms with E-state index in [0.29, 0.717) is 23.0 Å². The van der Waals surface area contributed by atoms with E-state index >= 15 is 0 Å². The van der Waals surface area contributed by atoms with Gasteiger partial charge in [0.05, 0.1) is 5.56 Å². The minimum atomic E-state index is -4.49. The van der Waals surface area contributed by atoms with Crippen molar-refractivity contribution in [2.45, 2.75) is 38.3 Å². The number of amides is 1. The number of benzene rings is 1. The van der Waals surface area contributed by atoms with Gasteiger partial charge >= 0.3 is 6.18 Å². The minimum Gasteiger partial charge on any atom is -0.493 e. The molecule has 4 atom stereocenters. The van der Waals surface area contributed by atoms with Crippen LogP contribution in [0, 0.1) is 11.8 Å². The molecule has 1 heterocycles. The first-order valence-corrected chi connectivity index (χ1v) is 9.43. The highest BCUT2D eigenvalue weighted by Gasteiger charge is 2.60. The molecule has 0 saturated heterocycles. The second-order valence-electron chi connectivity index (χ2n) is 8.21. The van der Waals surface area contributed by atoms with E-state index in [4.69, 9.17) is 0 Å². The summed E-state index contributed by atoms with van der Waals surface area (Å²) in [4.78, 5) is 12.5. The summed E-state index contributed by atoms with van der Waals surface area (Å²) < 4.78 is 39.1. The Hall–Kier alpha value is -2.90. The quantitative estimate of drug-likeness (QED) is 0.647. The van der Waals surface area contributed by atoms with Crippen LogP contribution in [0.25, 0.3) is 0 Å². The summed E-state index contributed by atoms with van der Waals surface area (Å²) >= 11 is 0. The molecule has 4 aliphatic carbocycles. The van der Waals surface area contributed by atoms with Gasteiger partial charge in [0.1, 0.15) is 0 Å². The van der Waals surface area contributed by atoms with Crippen molar-refractivity contribution in [1.29, 1.82) is 0 Å². The maximum absolute atomic E-state index is 12.7. The molecule has 2 bridgehead atoms. The van der Waals surface area contributed by atoms with E-state index in [9.17, 15) is 28.2 Å². The van der Waals surface area contributed by atoms with Gasteiger partial charge < -0.3 is 10.2 Å². The molecule has 1 aromatic heterocycles. The fourth-order valence-corrected chi connectivity index (χ4v) is 5.27. The van der Waals surface area contributed by atoms with Crippen molar-refractivity contribution in [2.75, 3.05) is 5.43 Å².